The monoisotopic (exact) mass is 352 g/mol. The van der Waals surface area contributed by atoms with Crippen LogP contribution in [0.25, 0.3) is 0 Å². The molecule has 1 aromatic carbocycles. The minimum atomic E-state index is -3.61. The molecule has 0 radical (unpaired) electrons. The summed E-state index contributed by atoms with van der Waals surface area (Å²) in [4.78, 5) is 13.8. The quantitative estimate of drug-likeness (QED) is 0.784. The number of carbonyl (C=O) groups excluding carboxylic acids is 1. The summed E-state index contributed by atoms with van der Waals surface area (Å²) in [6.07, 6.45) is 0.941. The second-order valence-electron chi connectivity index (χ2n) is 6.68. The van der Waals surface area contributed by atoms with Crippen LogP contribution in [0.5, 0.6) is 0 Å². The van der Waals surface area contributed by atoms with Crippen LogP contribution in [0, 0.1) is 0 Å². The fourth-order valence-corrected chi connectivity index (χ4v) is 3.61. The Hall–Kier alpha value is -1.93. The van der Waals surface area contributed by atoms with Gasteiger partial charge in [-0.3, -0.25) is 4.79 Å². The number of amidine groups is 1. The number of carbonyl (C=O) groups is 1. The number of hydrogen-bond donors (Lipinski definition) is 2. The van der Waals surface area contributed by atoms with Gasteiger partial charge in [0.25, 0.3) is 10.0 Å². The lowest BCUT2D eigenvalue weighted by Gasteiger charge is -2.20. The molecule has 0 saturated heterocycles. The van der Waals surface area contributed by atoms with Gasteiger partial charge in [0.2, 0.25) is 5.91 Å². The van der Waals surface area contributed by atoms with Gasteiger partial charge in [0.1, 0.15) is 10.7 Å². The van der Waals surface area contributed by atoms with E-state index in [0.29, 0.717) is 37.3 Å². The SMILES string of the molecule is CN(CCCC(=O)NCC(C)(C)N)C1=NS(=O)(=O)c2ccccc21. The van der Waals surface area contributed by atoms with E-state index in [0.717, 1.165) is 0 Å². The van der Waals surface area contributed by atoms with E-state index in [2.05, 4.69) is 9.71 Å². The smallest absolute Gasteiger partial charge is 0.285 e. The summed E-state index contributed by atoms with van der Waals surface area (Å²) in [6.45, 7) is 4.64. The zero-order chi connectivity index (χ0) is 18.0. The van der Waals surface area contributed by atoms with Crippen molar-refractivity contribution in [2.24, 2.45) is 10.1 Å². The molecular formula is C16H24N4O3S. The molecule has 1 aliphatic rings. The van der Waals surface area contributed by atoms with Gasteiger partial charge in [-0.25, -0.2) is 0 Å². The van der Waals surface area contributed by atoms with Crippen molar-refractivity contribution in [3.63, 3.8) is 0 Å². The minimum Gasteiger partial charge on any atom is -0.358 e. The molecular weight excluding hydrogens is 328 g/mol. The molecule has 0 aliphatic carbocycles. The Balaban J connectivity index is 1.90. The Labute approximate surface area is 143 Å². The van der Waals surface area contributed by atoms with Crippen LogP contribution in [0.1, 0.15) is 32.3 Å². The summed E-state index contributed by atoms with van der Waals surface area (Å²) in [5.41, 5.74) is 5.98. The van der Waals surface area contributed by atoms with E-state index in [4.69, 9.17) is 5.73 Å². The van der Waals surface area contributed by atoms with Crippen molar-refractivity contribution in [1.82, 2.24) is 10.2 Å². The summed E-state index contributed by atoms with van der Waals surface area (Å²) >= 11 is 0. The normalized spacial score (nSPS) is 15.6. The fourth-order valence-electron chi connectivity index (χ4n) is 2.36. The molecule has 1 amide bonds. The summed E-state index contributed by atoms with van der Waals surface area (Å²) in [5.74, 6) is 0.359. The first-order valence-electron chi connectivity index (χ1n) is 7.81. The lowest BCUT2D eigenvalue weighted by Crippen LogP contribution is -2.45. The van der Waals surface area contributed by atoms with E-state index in [1.807, 2.05) is 13.8 Å². The van der Waals surface area contributed by atoms with Crippen molar-refractivity contribution in [2.45, 2.75) is 37.1 Å². The highest BCUT2D eigenvalue weighted by molar-refractivity contribution is 7.90. The van der Waals surface area contributed by atoms with E-state index in [1.165, 1.54) is 0 Å². The largest absolute Gasteiger partial charge is 0.358 e. The molecule has 8 heteroatoms. The third-order valence-corrected chi connectivity index (χ3v) is 4.94. The van der Waals surface area contributed by atoms with Gasteiger partial charge < -0.3 is 16.0 Å². The van der Waals surface area contributed by atoms with Crippen molar-refractivity contribution in [3.8, 4) is 0 Å². The average molecular weight is 352 g/mol. The molecule has 0 unspecified atom stereocenters. The predicted octanol–water partition coefficient (Wildman–Crippen LogP) is 0.701. The third-order valence-electron chi connectivity index (χ3n) is 3.61. The summed E-state index contributed by atoms with van der Waals surface area (Å²) in [6, 6.07) is 6.76. The van der Waals surface area contributed by atoms with E-state index < -0.39 is 15.6 Å². The third kappa shape index (κ3) is 4.55. The van der Waals surface area contributed by atoms with E-state index in [-0.39, 0.29) is 10.8 Å². The average Bonchev–Trinajstić information content (AvgIpc) is 2.77. The maximum Gasteiger partial charge on any atom is 0.285 e. The Morgan fingerprint density at radius 3 is 2.67 bits per heavy atom. The van der Waals surface area contributed by atoms with Crippen molar-refractivity contribution < 1.29 is 13.2 Å². The van der Waals surface area contributed by atoms with Gasteiger partial charge in [-0.05, 0) is 32.4 Å². The van der Waals surface area contributed by atoms with E-state index in [1.54, 1.807) is 36.2 Å². The topological polar surface area (TPSA) is 105 Å². The zero-order valence-corrected chi connectivity index (χ0v) is 15.1. The molecule has 0 saturated carbocycles. The molecule has 24 heavy (non-hydrogen) atoms. The number of nitrogens with one attached hydrogen (secondary N) is 1. The minimum absolute atomic E-state index is 0.0664. The summed E-state index contributed by atoms with van der Waals surface area (Å²) in [7, 11) is -1.84. The molecule has 2 rings (SSSR count). The molecule has 1 heterocycles. The molecule has 1 aliphatic heterocycles. The lowest BCUT2D eigenvalue weighted by atomic mass is 10.1. The Bertz CT molecular complexity index is 751. The Morgan fingerprint density at radius 1 is 1.33 bits per heavy atom. The van der Waals surface area contributed by atoms with Crippen molar-refractivity contribution in [1.29, 1.82) is 0 Å². The molecule has 7 nitrogen and oxygen atoms in total. The molecule has 0 bridgehead atoms. The molecule has 1 aromatic rings. The molecule has 3 N–H and O–H groups in total. The number of sulfonamides is 1. The van der Waals surface area contributed by atoms with Crippen LogP contribution in [0.15, 0.2) is 33.6 Å². The molecule has 132 valence electrons. The first kappa shape index (κ1) is 18.4. The van der Waals surface area contributed by atoms with Gasteiger partial charge in [0, 0.05) is 37.7 Å². The van der Waals surface area contributed by atoms with Crippen molar-refractivity contribution in [3.05, 3.63) is 29.8 Å². The fraction of sp³-hybridized carbons (Fsp3) is 0.500. The Morgan fingerprint density at radius 2 is 2.00 bits per heavy atom. The van der Waals surface area contributed by atoms with Gasteiger partial charge in [0.15, 0.2) is 0 Å². The molecule has 0 atom stereocenters. The number of hydrogen-bond acceptors (Lipinski definition) is 5. The highest BCUT2D eigenvalue weighted by Gasteiger charge is 2.30. The van der Waals surface area contributed by atoms with Crippen molar-refractivity contribution in [2.75, 3.05) is 20.1 Å². The van der Waals surface area contributed by atoms with Gasteiger partial charge in [0.05, 0.1) is 0 Å². The predicted molar refractivity (Wildman–Crippen MR) is 93.3 cm³/mol. The van der Waals surface area contributed by atoms with Crippen LogP contribution in [-0.4, -0.2) is 50.7 Å². The Kier molecular flexibility index (Phi) is 5.29. The number of fused-ring (bicyclic) bond motifs is 1. The summed E-state index contributed by atoms with van der Waals surface area (Å²) in [5, 5.41) is 2.79. The number of nitrogens with two attached hydrogens (primary N) is 1. The maximum atomic E-state index is 12.0. The molecule has 0 aromatic heterocycles. The highest BCUT2D eigenvalue weighted by atomic mass is 32.2. The van der Waals surface area contributed by atoms with Gasteiger partial charge >= 0.3 is 0 Å². The number of amides is 1. The zero-order valence-electron chi connectivity index (χ0n) is 14.2. The standard InChI is InChI=1S/C16H24N4O3S/c1-16(2,17)11-18-14(21)9-6-10-20(3)15-12-7-4-5-8-13(12)24(22,23)19-15/h4-5,7-8H,6,9-11,17H2,1-3H3,(H,18,21). The number of benzene rings is 1. The molecule has 0 spiro atoms. The van der Waals surface area contributed by atoms with Crippen LogP contribution < -0.4 is 11.1 Å². The van der Waals surface area contributed by atoms with Crippen LogP contribution in [0.4, 0.5) is 0 Å². The van der Waals surface area contributed by atoms with Crippen LogP contribution in [0.2, 0.25) is 0 Å². The van der Waals surface area contributed by atoms with Gasteiger partial charge in [-0.1, -0.05) is 12.1 Å². The highest BCUT2D eigenvalue weighted by Crippen LogP contribution is 2.26. The lowest BCUT2D eigenvalue weighted by molar-refractivity contribution is -0.121. The number of rotatable bonds is 6. The van der Waals surface area contributed by atoms with Gasteiger partial charge in [-0.15, -0.1) is 4.40 Å². The number of nitrogens with zero attached hydrogens (tertiary/aromatic N) is 2. The first-order chi connectivity index (χ1) is 11.1. The van der Waals surface area contributed by atoms with Crippen LogP contribution >= 0.6 is 0 Å². The maximum absolute atomic E-state index is 12.0. The van der Waals surface area contributed by atoms with Gasteiger partial charge in [-0.2, -0.15) is 8.42 Å². The van der Waals surface area contributed by atoms with Crippen LogP contribution in [-0.2, 0) is 14.8 Å². The van der Waals surface area contributed by atoms with E-state index in [9.17, 15) is 13.2 Å². The summed E-state index contributed by atoms with van der Waals surface area (Å²) < 4.78 is 27.9. The van der Waals surface area contributed by atoms with Crippen LogP contribution in [0.3, 0.4) is 0 Å². The second-order valence-corrected chi connectivity index (χ2v) is 8.25. The molecule has 0 fully saturated rings. The first-order valence-corrected chi connectivity index (χ1v) is 9.25. The van der Waals surface area contributed by atoms with E-state index >= 15 is 0 Å². The van der Waals surface area contributed by atoms with Crippen molar-refractivity contribution >= 4 is 21.8 Å². The second kappa shape index (κ2) is 6.90.